The topological polar surface area (TPSA) is 28.2 Å². The molecule has 0 amide bonds. The SMILES string of the molecule is CC1CNC(C)(C)CN1Cc1ccnc2ccccc12. The van der Waals surface area contributed by atoms with Crippen molar-refractivity contribution < 1.29 is 0 Å². The molecule has 3 nitrogen and oxygen atoms in total. The lowest BCUT2D eigenvalue weighted by Gasteiger charge is -2.43. The second kappa shape index (κ2) is 5.15. The lowest BCUT2D eigenvalue weighted by molar-refractivity contribution is 0.0981. The summed E-state index contributed by atoms with van der Waals surface area (Å²) in [6.45, 7) is 9.97. The second-order valence-electron chi connectivity index (χ2n) is 6.51. The second-order valence-corrected chi connectivity index (χ2v) is 6.51. The van der Waals surface area contributed by atoms with Crippen LogP contribution in [-0.2, 0) is 6.54 Å². The van der Waals surface area contributed by atoms with E-state index in [2.05, 4.69) is 66.3 Å². The molecule has 106 valence electrons. The molecule has 1 saturated heterocycles. The van der Waals surface area contributed by atoms with Crippen molar-refractivity contribution in [2.45, 2.75) is 38.9 Å². The normalized spacial score (nSPS) is 23.1. The lowest BCUT2D eigenvalue weighted by Crippen LogP contribution is -2.60. The summed E-state index contributed by atoms with van der Waals surface area (Å²) in [7, 11) is 0. The molecular formula is C17H23N3. The zero-order valence-corrected chi connectivity index (χ0v) is 12.6. The fourth-order valence-electron chi connectivity index (χ4n) is 3.00. The predicted molar refractivity (Wildman–Crippen MR) is 83.7 cm³/mol. The third kappa shape index (κ3) is 2.69. The molecule has 1 aromatic heterocycles. The minimum Gasteiger partial charge on any atom is -0.309 e. The first-order chi connectivity index (χ1) is 9.55. The highest BCUT2D eigenvalue weighted by Crippen LogP contribution is 2.22. The van der Waals surface area contributed by atoms with Crippen LogP contribution in [0.3, 0.4) is 0 Å². The number of rotatable bonds is 2. The van der Waals surface area contributed by atoms with E-state index in [0.717, 1.165) is 25.2 Å². The van der Waals surface area contributed by atoms with Crippen LogP contribution in [0, 0.1) is 0 Å². The molecule has 1 atom stereocenters. The van der Waals surface area contributed by atoms with Gasteiger partial charge in [0, 0.05) is 42.8 Å². The van der Waals surface area contributed by atoms with Crippen LogP contribution in [0.25, 0.3) is 10.9 Å². The number of piperazine rings is 1. The third-order valence-electron chi connectivity index (χ3n) is 4.21. The Morgan fingerprint density at radius 3 is 2.95 bits per heavy atom. The highest BCUT2D eigenvalue weighted by Gasteiger charge is 2.30. The summed E-state index contributed by atoms with van der Waals surface area (Å²) in [5.41, 5.74) is 2.65. The Labute approximate surface area is 121 Å². The van der Waals surface area contributed by atoms with Crippen LogP contribution in [0.1, 0.15) is 26.3 Å². The zero-order valence-electron chi connectivity index (χ0n) is 12.6. The largest absolute Gasteiger partial charge is 0.309 e. The van der Waals surface area contributed by atoms with Crippen molar-refractivity contribution in [3.63, 3.8) is 0 Å². The molecule has 1 N–H and O–H groups in total. The first-order valence-corrected chi connectivity index (χ1v) is 7.37. The van der Waals surface area contributed by atoms with Crippen LogP contribution in [0.4, 0.5) is 0 Å². The third-order valence-corrected chi connectivity index (χ3v) is 4.21. The monoisotopic (exact) mass is 269 g/mol. The number of fused-ring (bicyclic) bond motifs is 1. The van der Waals surface area contributed by atoms with Gasteiger partial charge in [-0.1, -0.05) is 18.2 Å². The van der Waals surface area contributed by atoms with Crippen LogP contribution in [0.5, 0.6) is 0 Å². The van der Waals surface area contributed by atoms with E-state index in [1.54, 1.807) is 0 Å². The molecule has 2 aromatic rings. The van der Waals surface area contributed by atoms with Crippen molar-refractivity contribution in [2.75, 3.05) is 13.1 Å². The molecule has 0 aliphatic carbocycles. The van der Waals surface area contributed by atoms with Crippen LogP contribution >= 0.6 is 0 Å². The van der Waals surface area contributed by atoms with Gasteiger partial charge in [-0.2, -0.15) is 0 Å². The summed E-state index contributed by atoms with van der Waals surface area (Å²) in [5.74, 6) is 0. The Bertz CT molecular complexity index is 601. The average molecular weight is 269 g/mol. The van der Waals surface area contributed by atoms with Crippen LogP contribution in [-0.4, -0.2) is 34.6 Å². The quantitative estimate of drug-likeness (QED) is 0.908. The minimum absolute atomic E-state index is 0.190. The van der Waals surface area contributed by atoms with Crippen molar-refractivity contribution in [1.29, 1.82) is 0 Å². The fraction of sp³-hybridized carbons (Fsp3) is 0.471. The summed E-state index contributed by atoms with van der Waals surface area (Å²) < 4.78 is 0. The summed E-state index contributed by atoms with van der Waals surface area (Å²) in [4.78, 5) is 7.02. The molecule has 1 aliphatic heterocycles. The standard InChI is InChI=1S/C17H23N3/c1-13-10-19-17(2,3)12-20(13)11-14-8-9-18-16-7-5-4-6-15(14)16/h4-9,13,19H,10-12H2,1-3H3. The summed E-state index contributed by atoms with van der Waals surface area (Å²) >= 11 is 0. The van der Waals surface area contributed by atoms with Crippen molar-refractivity contribution in [2.24, 2.45) is 0 Å². The summed E-state index contributed by atoms with van der Waals surface area (Å²) in [6, 6.07) is 11.1. The molecule has 3 rings (SSSR count). The maximum atomic E-state index is 4.45. The fourth-order valence-corrected chi connectivity index (χ4v) is 3.00. The van der Waals surface area contributed by atoms with E-state index in [4.69, 9.17) is 0 Å². The zero-order chi connectivity index (χ0) is 14.2. The molecule has 0 bridgehead atoms. The highest BCUT2D eigenvalue weighted by atomic mass is 15.2. The average Bonchev–Trinajstić information content (AvgIpc) is 2.43. The molecule has 0 saturated carbocycles. The number of nitrogens with one attached hydrogen (secondary N) is 1. The number of para-hydroxylation sites is 1. The molecular weight excluding hydrogens is 246 g/mol. The van der Waals surface area contributed by atoms with Crippen LogP contribution in [0.15, 0.2) is 36.5 Å². The molecule has 1 aromatic carbocycles. The van der Waals surface area contributed by atoms with Gasteiger partial charge in [0.15, 0.2) is 0 Å². The van der Waals surface area contributed by atoms with Crippen molar-refractivity contribution in [3.05, 3.63) is 42.1 Å². The van der Waals surface area contributed by atoms with Gasteiger partial charge >= 0.3 is 0 Å². The Morgan fingerprint density at radius 1 is 1.30 bits per heavy atom. The molecule has 1 unspecified atom stereocenters. The number of aromatic nitrogens is 1. The Hall–Kier alpha value is -1.45. The highest BCUT2D eigenvalue weighted by molar-refractivity contribution is 5.81. The molecule has 0 spiro atoms. The van der Waals surface area contributed by atoms with E-state index in [0.29, 0.717) is 6.04 Å². The molecule has 2 heterocycles. The van der Waals surface area contributed by atoms with Gasteiger partial charge in [0.1, 0.15) is 0 Å². The van der Waals surface area contributed by atoms with Gasteiger partial charge in [0.25, 0.3) is 0 Å². The smallest absolute Gasteiger partial charge is 0.0705 e. The van der Waals surface area contributed by atoms with E-state index in [1.165, 1.54) is 10.9 Å². The summed E-state index contributed by atoms with van der Waals surface area (Å²) in [6.07, 6.45) is 1.93. The van der Waals surface area contributed by atoms with E-state index in [-0.39, 0.29) is 5.54 Å². The van der Waals surface area contributed by atoms with Gasteiger partial charge in [0.2, 0.25) is 0 Å². The van der Waals surface area contributed by atoms with Crippen LogP contribution < -0.4 is 5.32 Å². The maximum absolute atomic E-state index is 4.45. The molecule has 3 heteroatoms. The van der Waals surface area contributed by atoms with E-state index < -0.39 is 0 Å². The number of nitrogens with zero attached hydrogens (tertiary/aromatic N) is 2. The van der Waals surface area contributed by atoms with Crippen molar-refractivity contribution in [1.82, 2.24) is 15.2 Å². The first kappa shape index (κ1) is 13.5. The molecule has 1 aliphatic rings. The Balaban J connectivity index is 1.89. The van der Waals surface area contributed by atoms with Gasteiger partial charge in [-0.05, 0) is 38.5 Å². The van der Waals surface area contributed by atoms with E-state index in [9.17, 15) is 0 Å². The maximum Gasteiger partial charge on any atom is 0.0705 e. The van der Waals surface area contributed by atoms with Gasteiger partial charge in [0.05, 0.1) is 5.52 Å². The Morgan fingerprint density at radius 2 is 2.10 bits per heavy atom. The van der Waals surface area contributed by atoms with Gasteiger partial charge in [-0.3, -0.25) is 9.88 Å². The molecule has 20 heavy (non-hydrogen) atoms. The molecule has 1 fully saturated rings. The van der Waals surface area contributed by atoms with Gasteiger partial charge < -0.3 is 5.32 Å². The Kier molecular flexibility index (Phi) is 3.48. The number of pyridine rings is 1. The van der Waals surface area contributed by atoms with Crippen LogP contribution in [0.2, 0.25) is 0 Å². The van der Waals surface area contributed by atoms with E-state index >= 15 is 0 Å². The predicted octanol–water partition coefficient (Wildman–Crippen LogP) is 2.81. The van der Waals surface area contributed by atoms with Gasteiger partial charge in [-0.25, -0.2) is 0 Å². The minimum atomic E-state index is 0.190. The number of hydrogen-bond acceptors (Lipinski definition) is 3. The van der Waals surface area contributed by atoms with Crippen molar-refractivity contribution in [3.8, 4) is 0 Å². The number of hydrogen-bond donors (Lipinski definition) is 1. The summed E-state index contributed by atoms with van der Waals surface area (Å²) in [5, 5.41) is 4.88. The van der Waals surface area contributed by atoms with E-state index in [1.807, 2.05) is 6.20 Å². The first-order valence-electron chi connectivity index (χ1n) is 7.37. The van der Waals surface area contributed by atoms with Gasteiger partial charge in [-0.15, -0.1) is 0 Å². The number of benzene rings is 1. The lowest BCUT2D eigenvalue weighted by atomic mass is 9.98. The van der Waals surface area contributed by atoms with Crippen molar-refractivity contribution >= 4 is 10.9 Å². The molecule has 0 radical (unpaired) electrons.